The van der Waals surface area contributed by atoms with Crippen LogP contribution in [0.25, 0.3) is 11.6 Å². The van der Waals surface area contributed by atoms with Gasteiger partial charge in [-0.15, -0.1) is 0 Å². The minimum absolute atomic E-state index is 0.426. The lowest BCUT2D eigenvalue weighted by Gasteiger charge is -2.12. The fourth-order valence-electron chi connectivity index (χ4n) is 2.78. The first-order chi connectivity index (χ1) is 14.0. The second-order valence-electron chi connectivity index (χ2n) is 6.48. The number of nitriles is 1. The van der Waals surface area contributed by atoms with Crippen molar-refractivity contribution >= 4 is 34.9 Å². The molecule has 0 unspecified atom stereocenters. The summed E-state index contributed by atoms with van der Waals surface area (Å²) in [6.07, 6.45) is 1.75. The van der Waals surface area contributed by atoms with Crippen LogP contribution >= 0.6 is 23.2 Å². The van der Waals surface area contributed by atoms with Crippen molar-refractivity contribution in [3.63, 3.8) is 0 Å². The molecule has 0 aliphatic rings. The van der Waals surface area contributed by atoms with Gasteiger partial charge in [0, 0.05) is 10.6 Å². The van der Waals surface area contributed by atoms with Crippen LogP contribution in [-0.4, -0.2) is 7.11 Å². The first kappa shape index (κ1) is 20.8. The number of benzene rings is 3. The Morgan fingerprint density at radius 3 is 2.41 bits per heavy atom. The third-order valence-corrected chi connectivity index (χ3v) is 4.90. The lowest BCUT2D eigenvalue weighted by molar-refractivity contribution is 0.284. The van der Waals surface area contributed by atoms with Gasteiger partial charge in [-0.2, -0.15) is 5.26 Å². The number of rotatable bonds is 6. The normalized spacial score (nSPS) is 11.1. The predicted octanol–water partition coefficient (Wildman–Crippen LogP) is 6.95. The highest BCUT2D eigenvalue weighted by Crippen LogP contribution is 2.32. The van der Waals surface area contributed by atoms with Crippen LogP contribution < -0.4 is 9.47 Å². The van der Waals surface area contributed by atoms with E-state index in [1.165, 1.54) is 5.56 Å². The van der Waals surface area contributed by atoms with E-state index in [9.17, 15) is 5.26 Å². The summed E-state index contributed by atoms with van der Waals surface area (Å²) in [7, 11) is 1.59. The van der Waals surface area contributed by atoms with Gasteiger partial charge in [-0.25, -0.2) is 0 Å². The summed E-state index contributed by atoms with van der Waals surface area (Å²) < 4.78 is 11.4. The molecule has 0 aromatic heterocycles. The topological polar surface area (TPSA) is 42.2 Å². The Morgan fingerprint density at radius 1 is 1.00 bits per heavy atom. The minimum atomic E-state index is 0.426. The molecule has 0 spiro atoms. The van der Waals surface area contributed by atoms with Crippen molar-refractivity contribution in [2.75, 3.05) is 7.11 Å². The molecule has 29 heavy (non-hydrogen) atoms. The number of hydrogen-bond donors (Lipinski definition) is 0. The van der Waals surface area contributed by atoms with E-state index in [0.717, 1.165) is 11.1 Å². The number of nitrogens with zero attached hydrogens (tertiary/aromatic N) is 1. The number of allylic oxidation sites excluding steroid dienone is 1. The van der Waals surface area contributed by atoms with Crippen LogP contribution in [0, 0.1) is 18.3 Å². The summed E-state index contributed by atoms with van der Waals surface area (Å²) in [6.45, 7) is 2.49. The zero-order valence-electron chi connectivity index (χ0n) is 16.1. The predicted molar refractivity (Wildman–Crippen MR) is 118 cm³/mol. The first-order valence-corrected chi connectivity index (χ1v) is 9.69. The van der Waals surface area contributed by atoms with Crippen LogP contribution in [0.1, 0.15) is 22.3 Å². The molecule has 3 nitrogen and oxygen atoms in total. The van der Waals surface area contributed by atoms with Crippen LogP contribution in [-0.2, 0) is 6.61 Å². The maximum Gasteiger partial charge on any atom is 0.161 e. The molecule has 0 heterocycles. The van der Waals surface area contributed by atoms with Gasteiger partial charge in [-0.1, -0.05) is 65.2 Å². The average molecular weight is 424 g/mol. The number of methoxy groups -OCH3 is 1. The average Bonchev–Trinajstić information content (AvgIpc) is 2.72. The van der Waals surface area contributed by atoms with Gasteiger partial charge in [0.25, 0.3) is 0 Å². The van der Waals surface area contributed by atoms with Crippen LogP contribution in [0.15, 0.2) is 60.7 Å². The molecule has 0 aliphatic heterocycles. The van der Waals surface area contributed by atoms with Gasteiger partial charge in [-0.3, -0.25) is 0 Å². The van der Waals surface area contributed by atoms with Crippen LogP contribution in [0.4, 0.5) is 0 Å². The summed E-state index contributed by atoms with van der Waals surface area (Å²) >= 11 is 12.2. The molecule has 0 fully saturated rings. The summed E-state index contributed by atoms with van der Waals surface area (Å²) in [5.41, 5.74) is 4.13. The highest BCUT2D eigenvalue weighted by Gasteiger charge is 2.10. The van der Waals surface area contributed by atoms with Crippen LogP contribution in [0.5, 0.6) is 11.5 Å². The van der Waals surface area contributed by atoms with Crippen molar-refractivity contribution in [1.29, 1.82) is 5.26 Å². The fraction of sp³-hybridized carbons (Fsp3) is 0.125. The van der Waals surface area contributed by atoms with Crippen LogP contribution in [0.3, 0.4) is 0 Å². The molecular formula is C24H19Cl2NO2. The highest BCUT2D eigenvalue weighted by molar-refractivity contribution is 6.36. The van der Waals surface area contributed by atoms with Crippen molar-refractivity contribution in [2.45, 2.75) is 13.5 Å². The van der Waals surface area contributed by atoms with E-state index >= 15 is 0 Å². The third kappa shape index (κ3) is 5.32. The van der Waals surface area contributed by atoms with Gasteiger partial charge >= 0.3 is 0 Å². The largest absolute Gasteiger partial charge is 0.493 e. The van der Waals surface area contributed by atoms with E-state index in [1.807, 2.05) is 37.3 Å². The van der Waals surface area contributed by atoms with Gasteiger partial charge in [0.15, 0.2) is 11.5 Å². The Labute approximate surface area is 180 Å². The maximum atomic E-state index is 9.58. The lowest BCUT2D eigenvalue weighted by atomic mass is 10.0. The standard InChI is InChI=1S/C24H19Cl2NO2/c1-16-3-5-17(6-4-16)15-29-23-10-7-18(12-24(23)28-2)11-19(14-27)21-9-8-20(25)13-22(21)26/h3-13H,15H2,1-2H3/b19-11+. The fourth-order valence-corrected chi connectivity index (χ4v) is 3.29. The Bertz CT molecular complexity index is 1080. The van der Waals surface area contributed by atoms with Gasteiger partial charge in [0.05, 0.1) is 23.8 Å². The summed E-state index contributed by atoms with van der Waals surface area (Å²) in [6, 6.07) is 20.9. The van der Waals surface area contributed by atoms with Crippen molar-refractivity contribution in [3.8, 4) is 17.6 Å². The molecule has 0 amide bonds. The molecule has 5 heteroatoms. The Balaban J connectivity index is 1.84. The second kappa shape index (κ2) is 9.52. The highest BCUT2D eigenvalue weighted by atomic mass is 35.5. The van der Waals surface area contributed by atoms with Gasteiger partial charge in [-0.05, 0) is 48.4 Å². The minimum Gasteiger partial charge on any atom is -0.493 e. The Hall–Kier alpha value is -2.93. The van der Waals surface area contributed by atoms with E-state index in [2.05, 4.69) is 18.2 Å². The summed E-state index contributed by atoms with van der Waals surface area (Å²) in [4.78, 5) is 0. The molecule has 3 rings (SSSR count). The molecule has 0 N–H and O–H groups in total. The first-order valence-electron chi connectivity index (χ1n) is 8.94. The van der Waals surface area contributed by atoms with Gasteiger partial charge in [0.1, 0.15) is 6.61 Å². The molecule has 0 saturated carbocycles. The monoisotopic (exact) mass is 423 g/mol. The number of hydrogen-bond acceptors (Lipinski definition) is 3. The zero-order chi connectivity index (χ0) is 20.8. The lowest BCUT2D eigenvalue weighted by Crippen LogP contribution is -1.98. The quantitative estimate of drug-likeness (QED) is 0.318. The smallest absolute Gasteiger partial charge is 0.161 e. The molecular weight excluding hydrogens is 405 g/mol. The molecule has 0 atom stereocenters. The second-order valence-corrected chi connectivity index (χ2v) is 7.32. The third-order valence-electron chi connectivity index (χ3n) is 4.36. The van der Waals surface area contributed by atoms with Crippen molar-refractivity contribution in [3.05, 3.63) is 93.0 Å². The maximum absolute atomic E-state index is 9.58. The molecule has 146 valence electrons. The van der Waals surface area contributed by atoms with Gasteiger partial charge in [0.2, 0.25) is 0 Å². The zero-order valence-corrected chi connectivity index (χ0v) is 17.6. The van der Waals surface area contributed by atoms with E-state index < -0.39 is 0 Å². The molecule has 3 aromatic rings. The Kier molecular flexibility index (Phi) is 6.82. The van der Waals surface area contributed by atoms with Crippen molar-refractivity contribution < 1.29 is 9.47 Å². The SMILES string of the molecule is COc1cc(/C=C(\C#N)c2ccc(Cl)cc2Cl)ccc1OCc1ccc(C)cc1. The number of ether oxygens (including phenoxy) is 2. The molecule has 0 bridgehead atoms. The van der Waals surface area contributed by atoms with Gasteiger partial charge < -0.3 is 9.47 Å². The Morgan fingerprint density at radius 2 is 1.76 bits per heavy atom. The summed E-state index contributed by atoms with van der Waals surface area (Å²) in [5, 5.41) is 10.5. The molecule has 3 aromatic carbocycles. The van der Waals surface area contributed by atoms with E-state index in [1.54, 1.807) is 31.4 Å². The van der Waals surface area contributed by atoms with Crippen molar-refractivity contribution in [2.24, 2.45) is 0 Å². The van der Waals surface area contributed by atoms with E-state index in [4.69, 9.17) is 32.7 Å². The van der Waals surface area contributed by atoms with E-state index in [-0.39, 0.29) is 0 Å². The molecule has 0 saturated heterocycles. The molecule has 0 radical (unpaired) electrons. The van der Waals surface area contributed by atoms with Crippen LogP contribution in [0.2, 0.25) is 10.0 Å². The summed E-state index contributed by atoms with van der Waals surface area (Å²) in [5.74, 6) is 1.22. The van der Waals surface area contributed by atoms with Crippen molar-refractivity contribution in [1.82, 2.24) is 0 Å². The number of aryl methyl sites for hydroxylation is 1. The number of halogens is 2. The van der Waals surface area contributed by atoms with E-state index in [0.29, 0.717) is 39.3 Å². The molecule has 0 aliphatic carbocycles.